The van der Waals surface area contributed by atoms with Gasteiger partial charge in [0.2, 0.25) is 9.84 Å². The highest BCUT2D eigenvalue weighted by Gasteiger charge is 2.22. The number of rotatable bonds is 2. The van der Waals surface area contributed by atoms with Crippen LogP contribution in [-0.4, -0.2) is 19.9 Å². The molecule has 0 spiro atoms. The van der Waals surface area contributed by atoms with Gasteiger partial charge in [0, 0.05) is 29.4 Å². The van der Waals surface area contributed by atoms with Gasteiger partial charge in [0.15, 0.2) is 0 Å². The average molecular weight is 314 g/mol. The van der Waals surface area contributed by atoms with Gasteiger partial charge in [0.1, 0.15) is 11.3 Å². The lowest BCUT2D eigenvalue weighted by Gasteiger charge is -2.10. The summed E-state index contributed by atoms with van der Waals surface area (Å²) in [4.78, 5) is 4.33. The largest absolute Gasteiger partial charge is 0.459 e. The summed E-state index contributed by atoms with van der Waals surface area (Å²) in [5.74, 6) is 0.903. The molecule has 6 heteroatoms. The summed E-state index contributed by atoms with van der Waals surface area (Å²) in [7, 11) is -3.55. The Bertz CT molecular complexity index is 946. The Kier molecular flexibility index (Phi) is 3.02. The second-order valence-corrected chi connectivity index (χ2v) is 7.22. The minimum atomic E-state index is -3.55. The number of furan rings is 1. The van der Waals surface area contributed by atoms with Crippen LogP contribution < -0.4 is 5.32 Å². The van der Waals surface area contributed by atoms with Gasteiger partial charge in [-0.1, -0.05) is 0 Å². The van der Waals surface area contributed by atoms with E-state index in [0.717, 1.165) is 24.1 Å². The first-order valence-corrected chi connectivity index (χ1v) is 8.55. The second-order valence-electron chi connectivity index (χ2n) is 5.27. The standard InChI is InChI=1S/C16H14N2O3S/c19-22(20,11-3-6-17-7-4-11)12-1-2-13-14-5-8-18-10-16(14)21-15(13)9-12/h1-4,6-7,9,18H,5,8,10H2. The van der Waals surface area contributed by atoms with Crippen molar-refractivity contribution >= 4 is 20.8 Å². The van der Waals surface area contributed by atoms with E-state index >= 15 is 0 Å². The third-order valence-electron chi connectivity index (χ3n) is 3.96. The highest BCUT2D eigenvalue weighted by Crippen LogP contribution is 2.31. The van der Waals surface area contributed by atoms with Crippen molar-refractivity contribution < 1.29 is 12.8 Å². The van der Waals surface area contributed by atoms with Crippen LogP contribution in [0.2, 0.25) is 0 Å². The molecule has 0 amide bonds. The van der Waals surface area contributed by atoms with Crippen molar-refractivity contribution in [2.24, 2.45) is 0 Å². The Morgan fingerprint density at radius 2 is 1.91 bits per heavy atom. The van der Waals surface area contributed by atoms with Crippen LogP contribution in [0, 0.1) is 0 Å². The zero-order chi connectivity index (χ0) is 15.2. The Morgan fingerprint density at radius 3 is 2.73 bits per heavy atom. The van der Waals surface area contributed by atoms with Gasteiger partial charge in [-0.2, -0.15) is 0 Å². The van der Waals surface area contributed by atoms with E-state index in [9.17, 15) is 8.42 Å². The van der Waals surface area contributed by atoms with Crippen molar-refractivity contribution in [2.45, 2.75) is 22.8 Å². The Morgan fingerprint density at radius 1 is 1.09 bits per heavy atom. The number of benzene rings is 1. The van der Waals surface area contributed by atoms with Gasteiger partial charge >= 0.3 is 0 Å². The quantitative estimate of drug-likeness (QED) is 0.786. The number of fused-ring (bicyclic) bond motifs is 3. The highest BCUT2D eigenvalue weighted by molar-refractivity contribution is 7.91. The van der Waals surface area contributed by atoms with E-state index < -0.39 is 9.84 Å². The number of nitrogens with one attached hydrogen (secondary N) is 1. The van der Waals surface area contributed by atoms with Crippen LogP contribution in [0.3, 0.4) is 0 Å². The van der Waals surface area contributed by atoms with E-state index in [1.807, 2.05) is 6.07 Å². The van der Waals surface area contributed by atoms with Gasteiger partial charge < -0.3 is 9.73 Å². The summed E-state index contributed by atoms with van der Waals surface area (Å²) >= 11 is 0. The Hall–Kier alpha value is -2.18. The molecular formula is C16H14N2O3S. The zero-order valence-electron chi connectivity index (χ0n) is 11.7. The van der Waals surface area contributed by atoms with Crippen molar-refractivity contribution in [3.8, 4) is 0 Å². The molecule has 0 unspecified atom stereocenters. The minimum Gasteiger partial charge on any atom is -0.459 e. The molecule has 4 rings (SSSR count). The average Bonchev–Trinajstić information content (AvgIpc) is 2.93. The molecule has 1 aliphatic heterocycles. The highest BCUT2D eigenvalue weighted by atomic mass is 32.2. The molecule has 3 heterocycles. The number of nitrogens with zero attached hydrogens (tertiary/aromatic N) is 1. The molecule has 22 heavy (non-hydrogen) atoms. The van der Waals surface area contributed by atoms with Crippen LogP contribution in [0.1, 0.15) is 11.3 Å². The molecule has 0 saturated heterocycles. The lowest BCUT2D eigenvalue weighted by molar-refractivity contribution is 0.487. The first-order chi connectivity index (χ1) is 10.7. The zero-order valence-corrected chi connectivity index (χ0v) is 12.6. The first kappa shape index (κ1) is 13.5. The minimum absolute atomic E-state index is 0.236. The summed E-state index contributed by atoms with van der Waals surface area (Å²) in [6.45, 7) is 1.61. The van der Waals surface area contributed by atoms with Gasteiger partial charge in [0.05, 0.1) is 16.3 Å². The number of aromatic nitrogens is 1. The lowest BCUT2D eigenvalue weighted by atomic mass is 10.1. The molecule has 0 bridgehead atoms. The predicted molar refractivity (Wildman–Crippen MR) is 81.3 cm³/mol. The van der Waals surface area contributed by atoms with Crippen LogP contribution in [0.15, 0.2) is 56.9 Å². The van der Waals surface area contributed by atoms with E-state index in [1.165, 1.54) is 30.1 Å². The summed E-state index contributed by atoms with van der Waals surface area (Å²) in [5.41, 5.74) is 1.81. The van der Waals surface area contributed by atoms with E-state index in [4.69, 9.17) is 4.42 Å². The van der Waals surface area contributed by atoms with Crippen LogP contribution in [0.25, 0.3) is 11.0 Å². The van der Waals surface area contributed by atoms with E-state index in [1.54, 1.807) is 12.1 Å². The lowest BCUT2D eigenvalue weighted by Crippen LogP contribution is -2.22. The fraction of sp³-hybridized carbons (Fsp3) is 0.188. The molecule has 5 nitrogen and oxygen atoms in total. The van der Waals surface area contributed by atoms with Crippen LogP contribution in [0.4, 0.5) is 0 Å². The van der Waals surface area contributed by atoms with Gasteiger partial charge in [0.25, 0.3) is 0 Å². The molecule has 1 aromatic carbocycles. The molecule has 0 fully saturated rings. The third kappa shape index (κ3) is 2.03. The third-order valence-corrected chi connectivity index (χ3v) is 5.72. The predicted octanol–water partition coefficient (Wildman–Crippen LogP) is 2.31. The molecule has 0 radical (unpaired) electrons. The normalized spacial score (nSPS) is 14.9. The van der Waals surface area contributed by atoms with E-state index in [-0.39, 0.29) is 9.79 Å². The topological polar surface area (TPSA) is 72.2 Å². The molecular weight excluding hydrogens is 300 g/mol. The monoisotopic (exact) mass is 314 g/mol. The van der Waals surface area contributed by atoms with Crippen molar-refractivity contribution in [2.75, 3.05) is 6.54 Å². The van der Waals surface area contributed by atoms with Gasteiger partial charge in [-0.15, -0.1) is 0 Å². The first-order valence-electron chi connectivity index (χ1n) is 7.06. The van der Waals surface area contributed by atoms with Crippen molar-refractivity contribution in [3.05, 3.63) is 54.0 Å². The summed E-state index contributed by atoms with van der Waals surface area (Å²) in [6, 6.07) is 8.10. The number of sulfone groups is 1. The van der Waals surface area contributed by atoms with Crippen molar-refractivity contribution in [1.29, 1.82) is 0 Å². The smallest absolute Gasteiger partial charge is 0.206 e. The Balaban J connectivity index is 1.87. The van der Waals surface area contributed by atoms with Crippen molar-refractivity contribution in [1.82, 2.24) is 10.3 Å². The molecule has 2 aromatic heterocycles. The fourth-order valence-electron chi connectivity index (χ4n) is 2.83. The van der Waals surface area contributed by atoms with Crippen LogP contribution in [-0.2, 0) is 22.8 Å². The fourth-order valence-corrected chi connectivity index (χ4v) is 4.10. The summed E-state index contributed by atoms with van der Waals surface area (Å²) < 4.78 is 31.1. The maximum atomic E-state index is 12.6. The maximum absolute atomic E-state index is 12.6. The van der Waals surface area contributed by atoms with Crippen molar-refractivity contribution in [3.63, 3.8) is 0 Å². The molecule has 3 aromatic rings. The summed E-state index contributed by atoms with van der Waals surface area (Å²) in [5, 5.41) is 4.26. The number of hydrogen-bond donors (Lipinski definition) is 1. The molecule has 112 valence electrons. The SMILES string of the molecule is O=S(=O)(c1ccncc1)c1ccc2c3c(oc2c1)CNCC3. The molecule has 1 aliphatic rings. The van der Waals surface area contributed by atoms with Gasteiger partial charge in [-0.3, -0.25) is 4.98 Å². The van der Waals surface area contributed by atoms with Crippen LogP contribution in [0.5, 0.6) is 0 Å². The second kappa shape index (κ2) is 4.93. The van der Waals surface area contributed by atoms with Crippen LogP contribution >= 0.6 is 0 Å². The van der Waals surface area contributed by atoms with E-state index in [0.29, 0.717) is 12.1 Å². The summed E-state index contributed by atoms with van der Waals surface area (Å²) in [6.07, 6.45) is 3.85. The molecule has 1 N–H and O–H groups in total. The molecule has 0 saturated carbocycles. The number of pyridine rings is 1. The van der Waals surface area contributed by atoms with Gasteiger partial charge in [-0.05, 0) is 37.2 Å². The molecule has 0 aliphatic carbocycles. The van der Waals surface area contributed by atoms with Gasteiger partial charge in [-0.25, -0.2) is 8.42 Å². The Labute approximate surface area is 127 Å². The maximum Gasteiger partial charge on any atom is 0.206 e. The molecule has 0 atom stereocenters. The number of hydrogen-bond acceptors (Lipinski definition) is 5. The van der Waals surface area contributed by atoms with E-state index in [2.05, 4.69) is 10.3 Å².